The van der Waals surface area contributed by atoms with Gasteiger partial charge < -0.3 is 5.32 Å². The van der Waals surface area contributed by atoms with Crippen LogP contribution < -0.4 is 14.8 Å². The number of amides is 1. The average molecular weight is 543 g/mol. The lowest BCUT2D eigenvalue weighted by atomic mass is 10.1. The molecule has 0 radical (unpaired) electrons. The third kappa shape index (κ3) is 5.90. The van der Waals surface area contributed by atoms with Gasteiger partial charge in [0.05, 0.1) is 9.79 Å². The highest BCUT2D eigenvalue weighted by Crippen LogP contribution is 2.23. The number of carbonyl (C=O) groups excluding carboxylic acids is 1. The van der Waals surface area contributed by atoms with Crippen LogP contribution in [0.15, 0.2) is 88.1 Å². The number of nitrogens with one attached hydrogen (secondary N) is 3. The van der Waals surface area contributed by atoms with Gasteiger partial charge in [-0.25, -0.2) is 21.8 Å². The Morgan fingerprint density at radius 2 is 1.58 bits per heavy atom. The molecule has 1 aromatic heterocycles. The van der Waals surface area contributed by atoms with Gasteiger partial charge in [0.2, 0.25) is 0 Å². The van der Waals surface area contributed by atoms with Crippen LogP contribution in [0.3, 0.4) is 0 Å². The van der Waals surface area contributed by atoms with Crippen LogP contribution in [-0.2, 0) is 20.0 Å². The summed E-state index contributed by atoms with van der Waals surface area (Å²) >= 11 is 1.15. The number of sulfonamides is 2. The minimum absolute atomic E-state index is 0.00152. The lowest BCUT2D eigenvalue weighted by molar-refractivity contribution is 0.102. The average Bonchev–Trinajstić information content (AvgIpc) is 3.31. The molecule has 0 fully saturated rings. The van der Waals surface area contributed by atoms with E-state index in [-0.39, 0.29) is 20.5 Å². The van der Waals surface area contributed by atoms with Crippen LogP contribution in [0.4, 0.5) is 16.5 Å². The largest absolute Gasteiger partial charge is 0.322 e. The monoisotopic (exact) mass is 542 g/mol. The molecule has 4 rings (SSSR count). The number of hydrogen-bond donors (Lipinski definition) is 3. The second kappa shape index (κ2) is 10.1. The fraction of sp³-hybridized carbons (Fsp3) is 0.0833. The van der Waals surface area contributed by atoms with Gasteiger partial charge in [-0.05, 0) is 73.5 Å². The molecule has 12 heteroatoms. The van der Waals surface area contributed by atoms with Crippen LogP contribution in [0.1, 0.15) is 21.5 Å². The Bertz CT molecular complexity index is 1620. The highest BCUT2D eigenvalue weighted by atomic mass is 32.2. The van der Waals surface area contributed by atoms with E-state index < -0.39 is 26.0 Å². The van der Waals surface area contributed by atoms with Crippen LogP contribution in [-0.4, -0.2) is 27.7 Å². The topological polar surface area (TPSA) is 134 Å². The predicted octanol–water partition coefficient (Wildman–Crippen LogP) is 4.61. The van der Waals surface area contributed by atoms with Crippen molar-refractivity contribution in [1.82, 2.24) is 4.98 Å². The van der Waals surface area contributed by atoms with Crippen LogP contribution in [0.5, 0.6) is 0 Å². The van der Waals surface area contributed by atoms with Gasteiger partial charge in [-0.3, -0.25) is 14.2 Å². The first-order valence-corrected chi connectivity index (χ1v) is 14.4. The molecule has 1 amide bonds. The summed E-state index contributed by atoms with van der Waals surface area (Å²) in [5, 5.41) is 4.55. The molecule has 0 saturated carbocycles. The number of hydrogen-bond acceptors (Lipinski definition) is 7. The van der Waals surface area contributed by atoms with Crippen molar-refractivity contribution in [3.63, 3.8) is 0 Å². The number of anilines is 3. The SMILES string of the molecule is Cc1cccc(NS(=O)(=O)c2cc(C(=O)Nc3ccc(S(=O)(=O)Nc4nccs4)cc3)ccc2C)c1. The molecule has 0 aliphatic carbocycles. The van der Waals surface area contributed by atoms with E-state index in [1.807, 2.05) is 13.0 Å². The maximum Gasteiger partial charge on any atom is 0.263 e. The van der Waals surface area contributed by atoms with Gasteiger partial charge in [-0.2, -0.15) is 0 Å². The number of benzene rings is 3. The van der Waals surface area contributed by atoms with E-state index in [1.54, 1.807) is 36.6 Å². The van der Waals surface area contributed by atoms with E-state index in [2.05, 4.69) is 19.7 Å². The normalized spacial score (nSPS) is 11.6. The molecule has 9 nitrogen and oxygen atoms in total. The Balaban J connectivity index is 1.51. The molecular formula is C24H22N4O5S3. The molecule has 0 aliphatic heterocycles. The van der Waals surface area contributed by atoms with Gasteiger partial charge in [-0.1, -0.05) is 18.2 Å². The van der Waals surface area contributed by atoms with Gasteiger partial charge in [0.15, 0.2) is 5.13 Å². The summed E-state index contributed by atoms with van der Waals surface area (Å²) in [5.41, 5.74) is 2.28. The van der Waals surface area contributed by atoms with Crippen molar-refractivity contribution in [1.29, 1.82) is 0 Å². The van der Waals surface area contributed by atoms with Crippen molar-refractivity contribution in [3.8, 4) is 0 Å². The predicted molar refractivity (Wildman–Crippen MR) is 140 cm³/mol. The standard InChI is InChI=1S/C24H22N4O5S3/c1-16-4-3-5-20(14-16)27-36(32,33)22-15-18(7-6-17(22)2)23(29)26-19-8-10-21(11-9-19)35(30,31)28-24-25-12-13-34-24/h3-15,27H,1-2H3,(H,25,28)(H,26,29). The van der Waals surface area contributed by atoms with E-state index >= 15 is 0 Å². The number of carbonyl (C=O) groups is 1. The summed E-state index contributed by atoms with van der Waals surface area (Å²) in [6.45, 7) is 3.50. The summed E-state index contributed by atoms with van der Waals surface area (Å²) in [6, 6.07) is 16.9. The summed E-state index contributed by atoms with van der Waals surface area (Å²) < 4.78 is 55.9. The highest BCUT2D eigenvalue weighted by molar-refractivity contribution is 7.93. The Hall–Kier alpha value is -3.74. The second-order valence-corrected chi connectivity index (χ2v) is 12.1. The molecule has 186 valence electrons. The minimum Gasteiger partial charge on any atom is -0.322 e. The third-order valence-corrected chi connectivity index (χ3v) is 8.78. The summed E-state index contributed by atoms with van der Waals surface area (Å²) in [4.78, 5) is 16.7. The van der Waals surface area contributed by atoms with Crippen molar-refractivity contribution < 1.29 is 21.6 Å². The Kier molecular flexibility index (Phi) is 7.11. The molecule has 0 atom stereocenters. The number of nitrogens with zero attached hydrogens (tertiary/aromatic N) is 1. The Morgan fingerprint density at radius 1 is 0.833 bits per heavy atom. The maximum atomic E-state index is 13.0. The first kappa shape index (κ1) is 25.4. The van der Waals surface area contributed by atoms with E-state index in [0.717, 1.165) is 16.9 Å². The van der Waals surface area contributed by atoms with E-state index in [9.17, 15) is 21.6 Å². The van der Waals surface area contributed by atoms with E-state index in [4.69, 9.17) is 0 Å². The zero-order valence-electron chi connectivity index (χ0n) is 19.2. The Labute approximate surface area is 213 Å². The lowest BCUT2D eigenvalue weighted by Gasteiger charge is -2.13. The minimum atomic E-state index is -3.94. The van der Waals surface area contributed by atoms with Gasteiger partial charge in [0, 0.05) is 28.5 Å². The van der Waals surface area contributed by atoms with Crippen LogP contribution in [0.2, 0.25) is 0 Å². The molecule has 1 heterocycles. The molecule has 0 spiro atoms. The van der Waals surface area contributed by atoms with E-state index in [1.165, 1.54) is 42.6 Å². The highest BCUT2D eigenvalue weighted by Gasteiger charge is 2.20. The van der Waals surface area contributed by atoms with Crippen molar-refractivity contribution in [3.05, 3.63) is 95.0 Å². The molecule has 0 saturated heterocycles. The summed E-state index contributed by atoms with van der Waals surface area (Å²) in [6.07, 6.45) is 1.49. The molecule has 3 N–H and O–H groups in total. The van der Waals surface area contributed by atoms with Crippen molar-refractivity contribution in [2.75, 3.05) is 14.8 Å². The maximum absolute atomic E-state index is 13.0. The van der Waals surface area contributed by atoms with Crippen LogP contribution in [0.25, 0.3) is 0 Å². The molecule has 36 heavy (non-hydrogen) atoms. The zero-order chi connectivity index (χ0) is 25.9. The van der Waals surface area contributed by atoms with Crippen molar-refractivity contribution in [2.45, 2.75) is 23.6 Å². The number of rotatable bonds is 8. The quantitative estimate of drug-likeness (QED) is 0.298. The summed E-state index contributed by atoms with van der Waals surface area (Å²) in [5.74, 6) is -0.543. The number of thiazole rings is 1. The van der Waals surface area contributed by atoms with Gasteiger partial charge in [0.25, 0.3) is 26.0 Å². The summed E-state index contributed by atoms with van der Waals surface area (Å²) in [7, 11) is -7.77. The fourth-order valence-electron chi connectivity index (χ4n) is 3.32. The van der Waals surface area contributed by atoms with Crippen molar-refractivity contribution >= 4 is 53.8 Å². The first-order valence-electron chi connectivity index (χ1n) is 10.6. The van der Waals surface area contributed by atoms with Gasteiger partial charge in [-0.15, -0.1) is 11.3 Å². The molecule has 0 unspecified atom stereocenters. The Morgan fingerprint density at radius 3 is 2.25 bits per heavy atom. The van der Waals surface area contributed by atoms with Gasteiger partial charge in [0.1, 0.15) is 0 Å². The van der Waals surface area contributed by atoms with Gasteiger partial charge >= 0.3 is 0 Å². The molecular weight excluding hydrogens is 520 g/mol. The zero-order valence-corrected chi connectivity index (χ0v) is 21.7. The molecule has 0 aliphatic rings. The first-order chi connectivity index (χ1) is 17.0. The number of aryl methyl sites for hydroxylation is 2. The van der Waals surface area contributed by atoms with E-state index in [0.29, 0.717) is 16.9 Å². The van der Waals surface area contributed by atoms with Crippen molar-refractivity contribution in [2.24, 2.45) is 0 Å². The van der Waals surface area contributed by atoms with Crippen LogP contribution >= 0.6 is 11.3 Å². The smallest absolute Gasteiger partial charge is 0.263 e. The fourth-order valence-corrected chi connectivity index (χ4v) is 6.43. The molecule has 4 aromatic rings. The molecule has 3 aromatic carbocycles. The molecule has 0 bridgehead atoms. The lowest BCUT2D eigenvalue weighted by Crippen LogP contribution is -2.17. The second-order valence-electron chi connectivity index (χ2n) is 7.88. The van der Waals surface area contributed by atoms with Crippen LogP contribution in [0, 0.1) is 13.8 Å². The number of aromatic nitrogens is 1. The third-order valence-electron chi connectivity index (χ3n) is 5.09.